The number of rotatable bonds is 18. The molecule has 0 aliphatic carbocycles. The molecular formula is C33H38ClN7O8. The monoisotopic (exact) mass is 695 g/mol. The van der Waals surface area contributed by atoms with Crippen molar-refractivity contribution in [3.63, 3.8) is 0 Å². The first-order chi connectivity index (χ1) is 23.4. The highest BCUT2D eigenvalue weighted by Gasteiger charge is 2.28. The minimum atomic E-state index is -1.27. The Balaban J connectivity index is 1.87. The second kappa shape index (κ2) is 18.6. The Morgan fingerprint density at radius 1 is 0.755 bits per heavy atom. The molecule has 16 heteroatoms. The number of fused-ring (bicyclic) bond motifs is 1. The smallest absolute Gasteiger partial charge is 0.312 e. The summed E-state index contributed by atoms with van der Waals surface area (Å²) in [5.74, 6) is -5.43. The number of benzene rings is 3. The van der Waals surface area contributed by atoms with Crippen LogP contribution in [0.5, 0.6) is 0 Å². The van der Waals surface area contributed by atoms with Crippen molar-refractivity contribution < 1.29 is 38.7 Å². The molecule has 0 heterocycles. The summed E-state index contributed by atoms with van der Waals surface area (Å²) in [4.78, 5) is 86.7. The number of urea groups is 1. The fourth-order valence-corrected chi connectivity index (χ4v) is 4.98. The van der Waals surface area contributed by atoms with Crippen molar-refractivity contribution in [1.82, 2.24) is 21.3 Å². The number of halogens is 1. The van der Waals surface area contributed by atoms with Gasteiger partial charge in [-0.05, 0) is 47.7 Å². The zero-order valence-electron chi connectivity index (χ0n) is 26.4. The number of para-hydroxylation sites is 1. The van der Waals surface area contributed by atoms with Gasteiger partial charge in [-0.25, -0.2) is 4.79 Å². The van der Waals surface area contributed by atoms with E-state index < -0.39 is 72.0 Å². The lowest BCUT2D eigenvalue weighted by molar-refractivity contribution is -0.137. The van der Waals surface area contributed by atoms with Crippen LogP contribution in [-0.2, 0) is 30.4 Å². The number of alkyl halides is 1. The van der Waals surface area contributed by atoms with E-state index in [1.54, 1.807) is 12.1 Å². The molecule has 0 fully saturated rings. The molecule has 0 saturated heterocycles. The summed E-state index contributed by atoms with van der Waals surface area (Å²) in [6.07, 6.45) is -0.317. The van der Waals surface area contributed by atoms with Crippen LogP contribution in [0, 0.1) is 0 Å². The molecule has 3 unspecified atom stereocenters. The maximum absolute atomic E-state index is 13.7. The number of nitrogens with two attached hydrogens (primary N) is 2. The Hall–Kier alpha value is -5.70. The van der Waals surface area contributed by atoms with E-state index in [-0.39, 0.29) is 43.5 Å². The molecule has 15 nitrogen and oxygen atoms in total. The normalized spacial score (nSPS) is 12.5. The summed E-state index contributed by atoms with van der Waals surface area (Å²) < 4.78 is 0. The molecule has 0 aliphatic heterocycles. The van der Waals surface area contributed by atoms with E-state index >= 15 is 0 Å². The fraction of sp³-hybridized carbons (Fsp3) is 0.303. The number of nitrogens with one attached hydrogen (secondary N) is 5. The number of anilines is 1. The van der Waals surface area contributed by atoms with Gasteiger partial charge in [-0.1, -0.05) is 54.6 Å². The van der Waals surface area contributed by atoms with Gasteiger partial charge in [0.05, 0.1) is 11.3 Å². The van der Waals surface area contributed by atoms with Crippen LogP contribution in [-0.4, -0.2) is 77.2 Å². The average molecular weight is 696 g/mol. The van der Waals surface area contributed by atoms with E-state index in [0.717, 1.165) is 10.8 Å². The number of aliphatic carboxylic acids is 1. The number of hydrogen-bond donors (Lipinski definition) is 8. The van der Waals surface area contributed by atoms with E-state index in [0.29, 0.717) is 5.56 Å². The van der Waals surface area contributed by atoms with Gasteiger partial charge in [-0.2, -0.15) is 0 Å². The van der Waals surface area contributed by atoms with Crippen molar-refractivity contribution in [3.8, 4) is 0 Å². The Morgan fingerprint density at radius 3 is 2.12 bits per heavy atom. The molecule has 0 aliphatic rings. The van der Waals surface area contributed by atoms with E-state index in [4.69, 9.17) is 28.2 Å². The fourth-order valence-electron chi connectivity index (χ4n) is 4.90. The number of carbonyl (C=O) groups excluding carboxylic acids is 6. The van der Waals surface area contributed by atoms with Gasteiger partial charge in [-0.3, -0.25) is 28.8 Å². The van der Waals surface area contributed by atoms with E-state index in [1.165, 1.54) is 18.2 Å². The average Bonchev–Trinajstić information content (AvgIpc) is 3.07. The summed E-state index contributed by atoms with van der Waals surface area (Å²) in [5, 5.41) is 23.5. The summed E-state index contributed by atoms with van der Waals surface area (Å²) in [6.45, 7) is 0.140. The third-order valence-electron chi connectivity index (χ3n) is 7.35. The molecule has 49 heavy (non-hydrogen) atoms. The molecule has 3 aromatic rings. The number of carboxylic acid groups (broad SMARTS) is 1. The molecule has 0 aromatic heterocycles. The van der Waals surface area contributed by atoms with Crippen molar-refractivity contribution in [2.24, 2.45) is 11.5 Å². The number of carboxylic acids is 1. The first-order valence-corrected chi connectivity index (χ1v) is 15.8. The van der Waals surface area contributed by atoms with Crippen LogP contribution in [0.15, 0.2) is 66.7 Å². The highest BCUT2D eigenvalue weighted by Crippen LogP contribution is 2.19. The van der Waals surface area contributed by atoms with Gasteiger partial charge in [-0.15, -0.1) is 11.6 Å². The number of amides is 7. The summed E-state index contributed by atoms with van der Waals surface area (Å²) in [7, 11) is 0. The zero-order chi connectivity index (χ0) is 35.9. The molecule has 10 N–H and O–H groups in total. The van der Waals surface area contributed by atoms with Crippen LogP contribution in [0.1, 0.15) is 41.6 Å². The molecule has 7 amide bonds. The van der Waals surface area contributed by atoms with Crippen LogP contribution in [0.4, 0.5) is 10.5 Å². The van der Waals surface area contributed by atoms with Gasteiger partial charge in [0.25, 0.3) is 5.91 Å². The highest BCUT2D eigenvalue weighted by molar-refractivity contribution is 6.27. The summed E-state index contributed by atoms with van der Waals surface area (Å²) in [6, 6.07) is 14.6. The molecule has 0 spiro atoms. The minimum absolute atomic E-state index is 0.00731. The first-order valence-electron chi connectivity index (χ1n) is 15.3. The van der Waals surface area contributed by atoms with Crippen molar-refractivity contribution in [3.05, 3.63) is 77.9 Å². The zero-order valence-corrected chi connectivity index (χ0v) is 27.1. The summed E-state index contributed by atoms with van der Waals surface area (Å²) in [5.41, 5.74) is 11.3. The Bertz CT molecular complexity index is 1700. The molecule has 0 bridgehead atoms. The first kappa shape index (κ1) is 37.8. The number of primary amides is 2. The van der Waals surface area contributed by atoms with E-state index in [2.05, 4.69) is 26.6 Å². The third-order valence-corrected chi connectivity index (χ3v) is 7.60. The maximum Gasteiger partial charge on any atom is 0.312 e. The third kappa shape index (κ3) is 12.1. The van der Waals surface area contributed by atoms with Gasteiger partial charge < -0.3 is 43.2 Å². The van der Waals surface area contributed by atoms with Crippen molar-refractivity contribution in [1.29, 1.82) is 0 Å². The van der Waals surface area contributed by atoms with Gasteiger partial charge in [0.2, 0.25) is 23.6 Å². The highest BCUT2D eigenvalue weighted by atomic mass is 35.5. The molecule has 260 valence electrons. The van der Waals surface area contributed by atoms with Crippen LogP contribution in [0.25, 0.3) is 10.8 Å². The molecule has 0 saturated carbocycles. The van der Waals surface area contributed by atoms with Gasteiger partial charge in [0.1, 0.15) is 24.0 Å². The second-order valence-electron chi connectivity index (χ2n) is 11.0. The largest absolute Gasteiger partial charge is 0.481 e. The van der Waals surface area contributed by atoms with Crippen molar-refractivity contribution in [2.45, 2.75) is 50.2 Å². The Labute approximate surface area is 286 Å². The molecule has 3 aromatic carbocycles. The minimum Gasteiger partial charge on any atom is -0.481 e. The molecule has 0 radical (unpaired) electrons. The van der Waals surface area contributed by atoms with Crippen molar-refractivity contribution in [2.75, 3.05) is 17.7 Å². The predicted octanol–water partition coefficient (Wildman–Crippen LogP) is 1.13. The second-order valence-corrected chi connectivity index (χ2v) is 11.3. The quantitative estimate of drug-likeness (QED) is 0.0705. The van der Waals surface area contributed by atoms with Gasteiger partial charge in [0, 0.05) is 19.4 Å². The van der Waals surface area contributed by atoms with Crippen LogP contribution < -0.4 is 38.1 Å². The molecule has 3 rings (SSSR count). The lowest BCUT2D eigenvalue weighted by atomic mass is 10.00. The Morgan fingerprint density at radius 2 is 1.45 bits per heavy atom. The lowest BCUT2D eigenvalue weighted by Gasteiger charge is -2.23. The van der Waals surface area contributed by atoms with E-state index in [1.807, 2.05) is 36.4 Å². The van der Waals surface area contributed by atoms with Crippen LogP contribution in [0.3, 0.4) is 0 Å². The van der Waals surface area contributed by atoms with E-state index in [9.17, 15) is 33.6 Å². The van der Waals surface area contributed by atoms with Crippen LogP contribution >= 0.6 is 11.6 Å². The topological polar surface area (TPSA) is 252 Å². The maximum atomic E-state index is 13.7. The Kier molecular flexibility index (Phi) is 14.3. The number of hydrogen-bond acceptors (Lipinski definition) is 7. The van der Waals surface area contributed by atoms with Crippen LogP contribution in [0.2, 0.25) is 0 Å². The number of carbonyl (C=O) groups is 7. The SMILES string of the molecule is NC(=O)NCCCC(NC(=O)C(Cc1ccc2ccccc2c1)NC(=O)c1ccccc1NC(=O)C(CCC(=O)O)NC(=O)CCl)C(N)=O. The standard InChI is InChI=1S/C33H38ClN7O8/c34-18-27(42)38-25(13-14-28(43)44)31(47)39-23-9-4-3-8-22(23)30(46)41-26(17-19-11-12-20-6-1-2-7-21(20)16-19)32(48)40-24(29(35)45)10-5-15-37-33(36)49/h1-4,6-9,11-12,16,24-26H,5,10,13-15,17-18H2,(H2,35,45)(H,38,42)(H,39,47)(H,40,48)(H,41,46)(H,43,44)(H3,36,37,49). The van der Waals surface area contributed by atoms with Crippen molar-refractivity contribution >= 4 is 69.6 Å². The molecule has 3 atom stereocenters. The molecular weight excluding hydrogens is 658 g/mol. The predicted molar refractivity (Wildman–Crippen MR) is 181 cm³/mol. The summed E-state index contributed by atoms with van der Waals surface area (Å²) >= 11 is 5.55. The lowest BCUT2D eigenvalue weighted by Crippen LogP contribution is -2.54. The van der Waals surface area contributed by atoms with Gasteiger partial charge in [0.15, 0.2) is 0 Å². The van der Waals surface area contributed by atoms with Gasteiger partial charge >= 0.3 is 12.0 Å².